The number of nitrogens with zero attached hydrogens (tertiary/aromatic N) is 2. The summed E-state index contributed by atoms with van der Waals surface area (Å²) in [7, 11) is 1.47. The molecule has 6 nitrogen and oxygen atoms in total. The number of aryl methyl sites for hydroxylation is 1. The van der Waals surface area contributed by atoms with Crippen LogP contribution in [0.2, 0.25) is 0 Å². The molecule has 0 spiro atoms. The molecule has 1 N–H and O–H groups in total. The van der Waals surface area contributed by atoms with Crippen molar-refractivity contribution < 1.29 is 13.2 Å². The number of hydrogen-bond acceptors (Lipinski definition) is 4. The summed E-state index contributed by atoms with van der Waals surface area (Å²) >= 11 is 0. The van der Waals surface area contributed by atoms with Crippen molar-refractivity contribution in [2.24, 2.45) is 0 Å². The topological polar surface area (TPSA) is 83.1 Å². The summed E-state index contributed by atoms with van der Waals surface area (Å²) in [5, 5.41) is 6.53. The molecule has 21 heavy (non-hydrogen) atoms. The maximum atomic E-state index is 12.7. The van der Waals surface area contributed by atoms with E-state index in [2.05, 4.69) is 10.2 Å². The molecule has 0 aromatic carbocycles. The van der Waals surface area contributed by atoms with Gasteiger partial charge < -0.3 is 4.90 Å². The van der Waals surface area contributed by atoms with Crippen LogP contribution in [0.1, 0.15) is 55.7 Å². The van der Waals surface area contributed by atoms with E-state index in [0.717, 1.165) is 25.7 Å². The van der Waals surface area contributed by atoms with E-state index in [1.807, 2.05) is 6.92 Å². The Labute approximate surface area is 129 Å². The van der Waals surface area contributed by atoms with Gasteiger partial charge in [-0.3, -0.25) is 9.89 Å². The van der Waals surface area contributed by atoms with Crippen LogP contribution in [0, 0.1) is 0 Å². The minimum Gasteiger partial charge on any atom is -0.335 e. The summed E-state index contributed by atoms with van der Waals surface area (Å²) in [6.45, 7) is 4.38. The smallest absolute Gasteiger partial charge is 0.276 e. The zero-order valence-corrected chi connectivity index (χ0v) is 13.8. The van der Waals surface area contributed by atoms with Crippen molar-refractivity contribution in [3.05, 3.63) is 11.4 Å². The van der Waals surface area contributed by atoms with Gasteiger partial charge in [0.2, 0.25) is 0 Å². The van der Waals surface area contributed by atoms with Gasteiger partial charge in [0.05, 0.1) is 5.69 Å². The highest BCUT2D eigenvalue weighted by molar-refractivity contribution is 8.13. The highest BCUT2D eigenvalue weighted by Crippen LogP contribution is 2.26. The molecular formula is C13H20ClN3O3S. The fraction of sp³-hybridized carbons (Fsp3) is 0.692. The molecule has 1 aromatic rings. The maximum absolute atomic E-state index is 12.7. The van der Waals surface area contributed by atoms with Crippen LogP contribution in [-0.4, -0.2) is 42.0 Å². The Balaban J connectivity index is 2.41. The minimum atomic E-state index is -4.01. The average molecular weight is 334 g/mol. The van der Waals surface area contributed by atoms with Crippen molar-refractivity contribution in [3.8, 4) is 0 Å². The van der Waals surface area contributed by atoms with E-state index in [-0.39, 0.29) is 22.5 Å². The molecule has 1 aliphatic heterocycles. The molecule has 1 fully saturated rings. The second kappa shape index (κ2) is 6.36. The van der Waals surface area contributed by atoms with Crippen molar-refractivity contribution in [1.82, 2.24) is 15.1 Å². The van der Waals surface area contributed by atoms with Gasteiger partial charge in [0.25, 0.3) is 15.0 Å². The van der Waals surface area contributed by atoms with Gasteiger partial charge in [0.15, 0.2) is 5.69 Å². The molecule has 118 valence electrons. The molecule has 0 saturated carbocycles. The third kappa shape index (κ3) is 3.40. The summed E-state index contributed by atoms with van der Waals surface area (Å²) < 4.78 is 23.5. The summed E-state index contributed by atoms with van der Waals surface area (Å²) in [5.74, 6) is -0.362. The zero-order chi connectivity index (χ0) is 15.6. The molecule has 0 radical (unpaired) electrons. The fourth-order valence-corrected chi connectivity index (χ4v) is 4.07. The van der Waals surface area contributed by atoms with Gasteiger partial charge in [-0.15, -0.1) is 0 Å². The van der Waals surface area contributed by atoms with Gasteiger partial charge in [-0.05, 0) is 26.2 Å². The number of H-pyrrole nitrogens is 1. The molecule has 1 aromatic heterocycles. The molecule has 1 unspecified atom stereocenters. The highest BCUT2D eigenvalue weighted by atomic mass is 35.7. The number of carbonyl (C=O) groups excluding carboxylic acids is 1. The van der Waals surface area contributed by atoms with Crippen molar-refractivity contribution in [2.45, 2.75) is 56.9 Å². The monoisotopic (exact) mass is 333 g/mol. The Morgan fingerprint density at radius 3 is 2.76 bits per heavy atom. The third-order valence-electron chi connectivity index (χ3n) is 3.91. The third-order valence-corrected chi connectivity index (χ3v) is 5.30. The summed E-state index contributed by atoms with van der Waals surface area (Å²) in [4.78, 5) is 14.2. The molecule has 8 heteroatoms. The van der Waals surface area contributed by atoms with Crippen LogP contribution >= 0.6 is 10.7 Å². The Hall–Kier alpha value is -1.08. The lowest BCUT2D eigenvalue weighted by Gasteiger charge is -2.26. The van der Waals surface area contributed by atoms with Crippen LogP contribution in [-0.2, 0) is 15.5 Å². The number of likely N-dealkylation sites (tertiary alicyclic amines) is 1. The lowest BCUT2D eigenvalue weighted by atomic mass is 10.1. The molecular weight excluding hydrogens is 314 g/mol. The van der Waals surface area contributed by atoms with E-state index in [9.17, 15) is 13.2 Å². The van der Waals surface area contributed by atoms with Crippen LogP contribution in [0.25, 0.3) is 0 Å². The van der Waals surface area contributed by atoms with Crippen molar-refractivity contribution >= 4 is 25.6 Å². The first-order valence-electron chi connectivity index (χ1n) is 7.19. The lowest BCUT2D eigenvalue weighted by molar-refractivity contribution is 0.0688. The number of nitrogens with one attached hydrogen (secondary N) is 1. The number of halogens is 1. The fourth-order valence-electron chi connectivity index (χ4n) is 2.73. The number of amides is 1. The predicted molar refractivity (Wildman–Crippen MR) is 80.0 cm³/mol. The van der Waals surface area contributed by atoms with Gasteiger partial charge in [0, 0.05) is 23.3 Å². The Morgan fingerprint density at radius 1 is 1.43 bits per heavy atom. The number of rotatable bonds is 3. The van der Waals surface area contributed by atoms with E-state index in [1.165, 1.54) is 0 Å². The van der Waals surface area contributed by atoms with E-state index in [0.29, 0.717) is 18.7 Å². The molecule has 2 heterocycles. The van der Waals surface area contributed by atoms with Crippen LogP contribution in [0.4, 0.5) is 0 Å². The first-order chi connectivity index (χ1) is 9.86. The average Bonchev–Trinajstić information content (AvgIpc) is 2.75. The van der Waals surface area contributed by atoms with Crippen molar-refractivity contribution in [2.75, 3.05) is 6.54 Å². The van der Waals surface area contributed by atoms with Gasteiger partial charge >= 0.3 is 0 Å². The van der Waals surface area contributed by atoms with E-state index in [4.69, 9.17) is 10.7 Å². The minimum absolute atomic E-state index is 0.0765. The van der Waals surface area contributed by atoms with Crippen molar-refractivity contribution in [1.29, 1.82) is 0 Å². The first kappa shape index (κ1) is 16.3. The lowest BCUT2D eigenvalue weighted by Crippen LogP contribution is -2.39. The van der Waals surface area contributed by atoms with Crippen LogP contribution in [0.3, 0.4) is 0 Å². The normalized spacial score (nSPS) is 20.3. The maximum Gasteiger partial charge on any atom is 0.276 e. The number of hydrogen-bond donors (Lipinski definition) is 1. The number of aromatic amines is 1. The standard InChI is InChI=1S/C13H20ClN3O3S/c1-3-10-12(21(14,19)20)11(16-15-10)13(18)17-8-6-4-5-7-9(17)2/h9H,3-8H2,1-2H3,(H,15,16). The first-order valence-corrected chi connectivity index (χ1v) is 9.50. The second-order valence-corrected chi connectivity index (χ2v) is 7.87. The van der Waals surface area contributed by atoms with E-state index < -0.39 is 9.05 Å². The van der Waals surface area contributed by atoms with Crippen LogP contribution in [0.15, 0.2) is 4.90 Å². The zero-order valence-electron chi connectivity index (χ0n) is 12.2. The predicted octanol–water partition coefficient (Wildman–Crippen LogP) is 2.30. The molecule has 1 amide bonds. The number of carbonyl (C=O) groups is 1. The molecule has 1 aliphatic rings. The van der Waals surface area contributed by atoms with E-state index in [1.54, 1.807) is 11.8 Å². The second-order valence-electron chi connectivity index (χ2n) is 5.37. The summed E-state index contributed by atoms with van der Waals surface area (Å²) in [5.41, 5.74) is 0.284. The molecule has 2 rings (SSSR count). The Morgan fingerprint density at radius 2 is 2.14 bits per heavy atom. The summed E-state index contributed by atoms with van der Waals surface area (Å²) in [6.07, 6.45) is 4.41. The van der Waals surface area contributed by atoms with Crippen LogP contribution in [0.5, 0.6) is 0 Å². The highest BCUT2D eigenvalue weighted by Gasteiger charge is 2.32. The van der Waals surface area contributed by atoms with Gasteiger partial charge in [0.1, 0.15) is 4.90 Å². The van der Waals surface area contributed by atoms with Crippen LogP contribution < -0.4 is 0 Å². The Bertz CT molecular complexity index is 627. The molecule has 1 atom stereocenters. The van der Waals surface area contributed by atoms with Gasteiger partial charge in [-0.25, -0.2) is 8.42 Å². The summed E-state index contributed by atoms with van der Waals surface area (Å²) in [6, 6.07) is 0.0765. The molecule has 1 saturated heterocycles. The van der Waals surface area contributed by atoms with Gasteiger partial charge in [-0.1, -0.05) is 19.8 Å². The molecule has 0 aliphatic carbocycles. The van der Waals surface area contributed by atoms with Crippen molar-refractivity contribution in [3.63, 3.8) is 0 Å². The molecule has 0 bridgehead atoms. The quantitative estimate of drug-likeness (QED) is 0.860. The van der Waals surface area contributed by atoms with Gasteiger partial charge in [-0.2, -0.15) is 5.10 Å². The largest absolute Gasteiger partial charge is 0.335 e. The Kier molecular flexibility index (Phi) is 4.93. The van der Waals surface area contributed by atoms with E-state index >= 15 is 0 Å². The number of aromatic nitrogens is 2. The SMILES string of the molecule is CCc1[nH]nc(C(=O)N2CCCCCC2C)c1S(=O)(=O)Cl.